The van der Waals surface area contributed by atoms with Crippen molar-refractivity contribution in [2.45, 2.75) is 43.9 Å². The first-order valence-electron chi connectivity index (χ1n) is 11.3. The zero-order valence-electron chi connectivity index (χ0n) is 20.3. The van der Waals surface area contributed by atoms with Crippen molar-refractivity contribution in [2.75, 3.05) is 16.0 Å². The molecule has 13 heteroatoms. The Kier molecular flexibility index (Phi) is 6.93. The molecule has 1 aliphatic carbocycles. The number of carbonyl (C=O) groups excluding carboxylic acids is 2. The fourth-order valence-electron chi connectivity index (χ4n) is 4.54. The Morgan fingerprint density at radius 3 is 2.81 bits per heavy atom. The second-order valence-electron chi connectivity index (χ2n) is 9.45. The van der Waals surface area contributed by atoms with Crippen LogP contribution in [-0.2, 0) is 9.59 Å². The number of nitrogens with one attached hydrogen (secondary N) is 1. The van der Waals surface area contributed by atoms with E-state index in [1.807, 2.05) is 19.1 Å². The molecule has 1 atom stereocenters. The fraction of sp³-hybridized carbons (Fsp3) is 0.333. The van der Waals surface area contributed by atoms with Gasteiger partial charge in [0.1, 0.15) is 5.82 Å². The molecule has 3 aromatic rings. The van der Waals surface area contributed by atoms with Crippen molar-refractivity contribution in [1.29, 1.82) is 5.26 Å². The van der Waals surface area contributed by atoms with Crippen molar-refractivity contribution in [3.8, 4) is 6.07 Å². The van der Waals surface area contributed by atoms with Gasteiger partial charge in [0.15, 0.2) is 15.3 Å². The van der Waals surface area contributed by atoms with E-state index in [1.54, 1.807) is 27.8 Å². The second-order valence-corrected chi connectivity index (χ2v) is 13.8. The van der Waals surface area contributed by atoms with Crippen LogP contribution in [0.3, 0.4) is 0 Å². The number of aromatic nitrogens is 3. The number of anilines is 2. The number of Topliss-reactive ketones (excluding diaryl/α,β-unsaturated/α-hetero) is 1. The van der Waals surface area contributed by atoms with Crippen LogP contribution in [0.4, 0.5) is 10.3 Å². The number of thioether (sulfide) groups is 1. The summed E-state index contributed by atoms with van der Waals surface area (Å²) in [5.41, 5.74) is 8.09. The van der Waals surface area contributed by atoms with Gasteiger partial charge in [-0.05, 0) is 30.9 Å². The first-order valence-corrected chi connectivity index (χ1v) is 14.8. The van der Waals surface area contributed by atoms with Gasteiger partial charge in [0.25, 0.3) is 0 Å². The molecule has 1 amide bonds. The second kappa shape index (κ2) is 10.0. The van der Waals surface area contributed by atoms with Crippen LogP contribution in [0.15, 0.2) is 50.7 Å². The first-order chi connectivity index (χ1) is 17.7. The number of aryl methyl sites for hydroxylation is 1. The zero-order valence-corrected chi connectivity index (χ0v) is 23.5. The van der Waals surface area contributed by atoms with Gasteiger partial charge >= 0.3 is 0 Å². The van der Waals surface area contributed by atoms with Crippen molar-refractivity contribution < 1.29 is 9.59 Å². The van der Waals surface area contributed by atoms with Crippen LogP contribution in [-0.4, -0.2) is 32.6 Å². The van der Waals surface area contributed by atoms with Crippen molar-refractivity contribution in [3.63, 3.8) is 0 Å². The molecule has 5 rings (SSSR count). The number of nitrogens with zero attached hydrogens (tertiary/aromatic N) is 5. The predicted molar refractivity (Wildman–Crippen MR) is 148 cm³/mol. The number of ketones is 1. The molecule has 4 heterocycles. The Balaban J connectivity index is 1.49. The molecule has 1 unspecified atom stereocenters. The highest BCUT2D eigenvalue weighted by Gasteiger charge is 2.45. The molecule has 0 radical (unpaired) electrons. The lowest BCUT2D eigenvalue weighted by Gasteiger charge is -2.42. The van der Waals surface area contributed by atoms with Crippen LogP contribution in [0.2, 0.25) is 0 Å². The van der Waals surface area contributed by atoms with Crippen LogP contribution in [0, 0.1) is 23.7 Å². The number of carbonyl (C=O) groups is 2. The van der Waals surface area contributed by atoms with E-state index in [1.165, 1.54) is 34.4 Å². The van der Waals surface area contributed by atoms with Crippen molar-refractivity contribution >= 4 is 67.7 Å². The van der Waals surface area contributed by atoms with Crippen LogP contribution >= 0.6 is 45.8 Å². The summed E-state index contributed by atoms with van der Waals surface area (Å²) in [6, 6.07) is 6.25. The Morgan fingerprint density at radius 2 is 2.14 bits per heavy atom. The number of hydrogen-bond acceptors (Lipinski definition) is 12. The minimum atomic E-state index is -0.491. The maximum atomic E-state index is 13.6. The lowest BCUT2D eigenvalue weighted by Crippen LogP contribution is -2.42. The Morgan fingerprint density at radius 1 is 1.32 bits per heavy atom. The number of allylic oxidation sites excluding steroid dienone is 3. The number of nitrogens with two attached hydrogens (primary N) is 1. The molecule has 0 aromatic carbocycles. The summed E-state index contributed by atoms with van der Waals surface area (Å²) in [6.07, 6.45) is 2.62. The molecular weight excluding hydrogens is 547 g/mol. The van der Waals surface area contributed by atoms with Gasteiger partial charge in [-0.15, -0.1) is 32.9 Å². The summed E-state index contributed by atoms with van der Waals surface area (Å²) in [4.78, 5) is 33.6. The average Bonchev–Trinajstić information content (AvgIpc) is 3.59. The number of rotatable bonds is 6. The van der Waals surface area contributed by atoms with Crippen LogP contribution in [0.5, 0.6) is 0 Å². The Labute approximate surface area is 230 Å². The molecule has 0 fully saturated rings. The average molecular weight is 570 g/mol. The molecule has 3 N–H and O–H groups in total. The third kappa shape index (κ3) is 5.06. The van der Waals surface area contributed by atoms with E-state index in [2.05, 4.69) is 40.4 Å². The third-order valence-electron chi connectivity index (χ3n) is 6.02. The molecule has 2 aliphatic rings. The zero-order chi connectivity index (χ0) is 26.3. The summed E-state index contributed by atoms with van der Waals surface area (Å²) >= 11 is 5.44. The van der Waals surface area contributed by atoms with Gasteiger partial charge < -0.3 is 11.1 Å². The van der Waals surface area contributed by atoms with Gasteiger partial charge in [-0.2, -0.15) is 5.26 Å². The lowest BCUT2D eigenvalue weighted by molar-refractivity contribution is -0.118. The van der Waals surface area contributed by atoms with Crippen molar-refractivity contribution in [2.24, 2.45) is 11.1 Å². The molecule has 37 heavy (non-hydrogen) atoms. The molecule has 0 saturated carbocycles. The normalized spacial score (nSPS) is 19.1. The summed E-state index contributed by atoms with van der Waals surface area (Å²) in [7, 11) is 0. The number of nitriles is 1. The predicted octanol–water partition coefficient (Wildman–Crippen LogP) is 5.04. The smallest absolute Gasteiger partial charge is 0.236 e. The van der Waals surface area contributed by atoms with E-state index in [0.29, 0.717) is 38.6 Å². The molecule has 9 nitrogen and oxygen atoms in total. The monoisotopic (exact) mass is 569 g/mol. The minimum Gasteiger partial charge on any atom is -0.384 e. The highest BCUT2D eigenvalue weighted by Crippen LogP contribution is 2.51. The van der Waals surface area contributed by atoms with Gasteiger partial charge in [0.05, 0.1) is 23.3 Å². The highest BCUT2D eigenvalue weighted by molar-refractivity contribution is 8.01. The third-order valence-corrected chi connectivity index (χ3v) is 9.81. The standard InChI is InChI=1S/C24H23N7O2S4/c1-12-4-5-16(36-12)18-13(10-25)20(26)31(14-8-24(2,3)9-15(32)19(14)18)22-29-30-23(37-22)35-11-17(33)28-21-27-6-7-34-21/h4-7,18H,8-9,11,26H2,1-3H3,(H,27,28,33). The molecule has 1 aliphatic heterocycles. The molecule has 0 bridgehead atoms. The van der Waals surface area contributed by atoms with E-state index in [0.717, 1.165) is 15.5 Å². The maximum absolute atomic E-state index is 13.6. The number of hydrogen-bond donors (Lipinski definition) is 2. The summed E-state index contributed by atoms with van der Waals surface area (Å²) in [6.45, 7) is 6.11. The molecule has 0 spiro atoms. The van der Waals surface area contributed by atoms with Crippen molar-refractivity contribution in [3.05, 3.63) is 56.1 Å². The quantitative estimate of drug-likeness (QED) is 0.391. The SMILES string of the molecule is Cc1ccc(C2C(C#N)=C(N)N(c3nnc(SCC(=O)Nc4nccs4)s3)C3=C2C(=O)CC(C)(C)C3)s1. The molecule has 0 saturated heterocycles. The van der Waals surface area contributed by atoms with Gasteiger partial charge in [-0.3, -0.25) is 14.5 Å². The summed E-state index contributed by atoms with van der Waals surface area (Å²) in [5.74, 6) is -0.264. The Bertz CT molecular complexity index is 1480. The maximum Gasteiger partial charge on any atom is 0.236 e. The fourth-order valence-corrected chi connectivity index (χ4v) is 7.76. The number of thiazole rings is 1. The largest absolute Gasteiger partial charge is 0.384 e. The molecule has 3 aromatic heterocycles. The van der Waals surface area contributed by atoms with Crippen molar-refractivity contribution in [1.82, 2.24) is 15.2 Å². The van der Waals surface area contributed by atoms with Crippen LogP contribution < -0.4 is 16.0 Å². The van der Waals surface area contributed by atoms with Gasteiger partial charge in [0, 0.05) is 39.0 Å². The summed E-state index contributed by atoms with van der Waals surface area (Å²) in [5, 5.41) is 24.3. The van der Waals surface area contributed by atoms with Gasteiger partial charge in [-0.25, -0.2) is 4.98 Å². The summed E-state index contributed by atoms with van der Waals surface area (Å²) < 4.78 is 0.579. The van der Waals surface area contributed by atoms with Crippen LogP contribution in [0.1, 0.15) is 42.4 Å². The minimum absolute atomic E-state index is 0.0190. The highest BCUT2D eigenvalue weighted by atomic mass is 32.2. The molecular formula is C24H23N7O2S4. The number of thiophene rings is 1. The van der Waals surface area contributed by atoms with E-state index >= 15 is 0 Å². The molecule has 190 valence electrons. The van der Waals surface area contributed by atoms with Gasteiger partial charge in [0.2, 0.25) is 11.0 Å². The van der Waals surface area contributed by atoms with Gasteiger partial charge in [-0.1, -0.05) is 36.9 Å². The van der Waals surface area contributed by atoms with E-state index in [4.69, 9.17) is 5.73 Å². The topological polar surface area (TPSA) is 138 Å². The van der Waals surface area contributed by atoms with E-state index in [9.17, 15) is 14.9 Å². The number of amides is 1. The Hall–Kier alpha value is -3.05. The van der Waals surface area contributed by atoms with E-state index < -0.39 is 5.92 Å². The van der Waals surface area contributed by atoms with E-state index in [-0.39, 0.29) is 28.7 Å². The lowest BCUT2D eigenvalue weighted by atomic mass is 9.70. The van der Waals surface area contributed by atoms with Crippen LogP contribution in [0.25, 0.3) is 0 Å². The first kappa shape index (κ1) is 25.6.